The van der Waals surface area contributed by atoms with E-state index in [1.165, 1.54) is 0 Å². The number of halogens is 1. The maximum Gasteiger partial charge on any atom is 0.470 e. The van der Waals surface area contributed by atoms with Crippen molar-refractivity contribution >= 4 is 40.4 Å². The van der Waals surface area contributed by atoms with Crippen LogP contribution in [0.3, 0.4) is 0 Å². The summed E-state index contributed by atoms with van der Waals surface area (Å²) in [5.41, 5.74) is 0. The third kappa shape index (κ3) is 23.2. The fourth-order valence-corrected chi connectivity index (χ4v) is 0.572. The smallest absolute Gasteiger partial charge is 0.470 e. The maximum atomic E-state index is 9.62. The van der Waals surface area contributed by atoms with Crippen molar-refractivity contribution in [2.24, 2.45) is 0 Å². The van der Waals surface area contributed by atoms with Gasteiger partial charge in [0, 0.05) is 0 Å². The maximum absolute atomic E-state index is 9.62. The van der Waals surface area contributed by atoms with Gasteiger partial charge in [-0.15, -0.1) is 0 Å². The molecule has 5 nitrogen and oxygen atoms in total. The summed E-state index contributed by atoms with van der Waals surface area (Å²) in [6, 6.07) is -0.482. The zero-order chi connectivity index (χ0) is 8.62. The summed E-state index contributed by atoms with van der Waals surface area (Å²) in [6.07, 6.45) is 0. The molecule has 0 aromatic heterocycles. The fourth-order valence-electron chi connectivity index (χ4n) is 0.0636. The molecule has 0 amide bonds. The van der Waals surface area contributed by atoms with Crippen LogP contribution in [0.15, 0.2) is 0 Å². The van der Waals surface area contributed by atoms with Gasteiger partial charge in [0.05, 0.1) is 0 Å². The second kappa shape index (κ2) is 7.90. The molecule has 0 saturated carbocycles. The fraction of sp³-hybridized carbons (Fsp3) is 1.00. The average molecular weight is 225 g/mol. The van der Waals surface area contributed by atoms with Crippen LogP contribution in [0.5, 0.6) is 0 Å². The van der Waals surface area contributed by atoms with Gasteiger partial charge in [-0.1, -0.05) is 11.6 Å². The molecule has 0 unspecified atom stereocenters. The minimum Gasteiger partial charge on any atom is -0.471 e. The van der Waals surface area contributed by atoms with Crippen LogP contribution in [0.4, 0.5) is 0 Å². The molecule has 2 N–H and O–H groups in total. The van der Waals surface area contributed by atoms with Crippen LogP contribution in [-0.4, -0.2) is 36.8 Å². The van der Waals surface area contributed by atoms with Crippen LogP contribution in [0.2, 0.25) is 0 Å². The zero-order valence-corrected chi connectivity index (χ0v) is 11.3. The molecule has 0 saturated heterocycles. The molecular weight excluding hydrogens is 215 g/mol. The van der Waals surface area contributed by atoms with Crippen LogP contribution in [0.25, 0.3) is 0 Å². The summed E-state index contributed by atoms with van der Waals surface area (Å²) in [5.74, 6) is 0. The van der Waals surface area contributed by atoms with Crippen molar-refractivity contribution in [3.63, 3.8) is 0 Å². The van der Waals surface area contributed by atoms with E-state index in [0.717, 1.165) is 21.0 Å². The summed E-state index contributed by atoms with van der Waals surface area (Å²) in [7, 11) is -2.44. The van der Waals surface area contributed by atoms with Crippen molar-refractivity contribution in [3.05, 3.63) is 0 Å². The van der Waals surface area contributed by atoms with E-state index in [1.54, 1.807) is 0 Å². The summed E-state index contributed by atoms with van der Waals surface area (Å²) in [6.45, 7) is 0. The van der Waals surface area contributed by atoms with Gasteiger partial charge >= 0.3 is 7.82 Å². The summed E-state index contributed by atoms with van der Waals surface area (Å²) in [4.78, 5) is 15.6. The number of rotatable bonds is 2. The van der Waals surface area contributed by atoms with Gasteiger partial charge < -0.3 is 13.9 Å². The lowest BCUT2D eigenvalue weighted by Crippen LogP contribution is -1.82. The van der Waals surface area contributed by atoms with Crippen molar-refractivity contribution < 1.29 is 23.0 Å². The minimum atomic E-state index is -4.30. The van der Waals surface area contributed by atoms with Crippen molar-refractivity contribution in [3.8, 4) is 0 Å². The molecule has 0 fully saturated rings. The molecular formula is CH10ClO5PSi2. The van der Waals surface area contributed by atoms with Gasteiger partial charge in [0.25, 0.3) is 0 Å². The Morgan fingerprint density at radius 2 is 1.80 bits per heavy atom. The standard InChI is InChI=1S/CH4ClO4P.H6OSi2/c2-1-6-7(3,4)5;2-1-3/h1H2,(H2,3,4,5);2-3H3. The topological polar surface area (TPSA) is 76.0 Å². The Labute approximate surface area is 70.0 Å². The Balaban J connectivity index is 0. The molecule has 0 rings (SSSR count). The molecule has 0 radical (unpaired) electrons. The molecule has 64 valence electrons. The lowest BCUT2D eigenvalue weighted by atomic mass is 11.7. The molecule has 0 aliphatic heterocycles. The second-order valence-electron chi connectivity index (χ2n) is 1.14. The van der Waals surface area contributed by atoms with Gasteiger partial charge in [-0.25, -0.2) is 4.57 Å². The van der Waals surface area contributed by atoms with E-state index in [4.69, 9.17) is 21.4 Å². The van der Waals surface area contributed by atoms with Crippen molar-refractivity contribution in [1.82, 2.24) is 0 Å². The Morgan fingerprint density at radius 1 is 1.50 bits per heavy atom. The van der Waals surface area contributed by atoms with Crippen molar-refractivity contribution in [2.75, 3.05) is 6.07 Å². The highest BCUT2D eigenvalue weighted by molar-refractivity contribution is 7.46. The van der Waals surface area contributed by atoms with Crippen LogP contribution in [0, 0.1) is 0 Å². The summed E-state index contributed by atoms with van der Waals surface area (Å²) in [5, 5.41) is 0. The predicted octanol–water partition coefficient (Wildman–Crippen LogP) is -2.14. The highest BCUT2D eigenvalue weighted by atomic mass is 35.5. The number of phosphoric ester groups is 1. The Kier molecular flexibility index (Phi) is 10.6. The molecule has 9 heteroatoms. The first kappa shape index (κ1) is 13.4. The number of hydrogen-bond donors (Lipinski definition) is 2. The van der Waals surface area contributed by atoms with E-state index in [1.807, 2.05) is 0 Å². The highest BCUT2D eigenvalue weighted by Crippen LogP contribution is 2.35. The number of hydrogen-bond acceptors (Lipinski definition) is 3. The zero-order valence-electron chi connectivity index (χ0n) is 5.65. The molecule has 0 aromatic carbocycles. The molecule has 0 aliphatic carbocycles. The largest absolute Gasteiger partial charge is 0.471 e. The molecule has 10 heavy (non-hydrogen) atoms. The Hall–Kier alpha value is 0.794. The molecule has 0 bridgehead atoms. The lowest BCUT2D eigenvalue weighted by Gasteiger charge is -1.96. The molecule has 0 atom stereocenters. The van der Waals surface area contributed by atoms with Gasteiger partial charge in [-0.05, 0) is 0 Å². The van der Waals surface area contributed by atoms with E-state index in [9.17, 15) is 4.57 Å². The Bertz CT molecular complexity index is 104. The normalized spacial score (nSPS) is 10.7. The van der Waals surface area contributed by atoms with E-state index in [2.05, 4.69) is 8.64 Å². The van der Waals surface area contributed by atoms with Crippen LogP contribution < -0.4 is 0 Å². The van der Waals surface area contributed by atoms with Crippen LogP contribution >= 0.6 is 19.4 Å². The average Bonchev–Trinajstić information content (AvgIpc) is 1.63. The van der Waals surface area contributed by atoms with Crippen molar-refractivity contribution in [2.45, 2.75) is 0 Å². The molecule has 0 heterocycles. The van der Waals surface area contributed by atoms with Crippen molar-refractivity contribution in [1.29, 1.82) is 0 Å². The van der Waals surface area contributed by atoms with E-state index >= 15 is 0 Å². The quantitative estimate of drug-likeness (QED) is 0.318. The molecule has 0 aromatic rings. The van der Waals surface area contributed by atoms with Gasteiger partial charge in [-0.2, -0.15) is 0 Å². The molecule has 0 spiro atoms. The van der Waals surface area contributed by atoms with Gasteiger partial charge in [-0.3, -0.25) is 4.52 Å². The number of phosphoric acid groups is 1. The van der Waals surface area contributed by atoms with Gasteiger partial charge in [0.1, 0.15) is 27.0 Å². The van der Waals surface area contributed by atoms with Gasteiger partial charge in [0.2, 0.25) is 0 Å². The summed E-state index contributed by atoms with van der Waals surface area (Å²) >= 11 is 4.77. The third-order valence-corrected chi connectivity index (χ3v) is 0.944. The first-order chi connectivity index (χ1) is 4.47. The first-order valence-electron chi connectivity index (χ1n) is 2.14. The molecule has 0 aliphatic rings. The first-order valence-corrected chi connectivity index (χ1v) is 5.84. The SMILES string of the molecule is O=P(O)(O)OCCl.[SiH3]O[SiH3]. The Morgan fingerprint density at radius 3 is 1.80 bits per heavy atom. The highest BCUT2D eigenvalue weighted by Gasteiger charge is 2.10. The monoisotopic (exact) mass is 224 g/mol. The number of alkyl halides is 1. The van der Waals surface area contributed by atoms with Crippen LogP contribution in [-0.2, 0) is 13.2 Å². The van der Waals surface area contributed by atoms with E-state index in [0.29, 0.717) is 0 Å². The van der Waals surface area contributed by atoms with Gasteiger partial charge in [0.15, 0.2) is 0 Å². The second-order valence-corrected chi connectivity index (χ2v) is 5.86. The lowest BCUT2D eigenvalue weighted by molar-refractivity contribution is 0.225. The predicted molar refractivity (Wildman–Crippen MR) is 44.8 cm³/mol. The summed E-state index contributed by atoms with van der Waals surface area (Å²) < 4.78 is 17.8. The van der Waals surface area contributed by atoms with Crippen LogP contribution in [0.1, 0.15) is 0 Å². The minimum absolute atomic E-state index is 0.482. The third-order valence-electron chi connectivity index (χ3n) is 0.217. The van der Waals surface area contributed by atoms with E-state index in [-0.39, 0.29) is 0 Å². The van der Waals surface area contributed by atoms with E-state index < -0.39 is 13.9 Å².